The van der Waals surface area contributed by atoms with E-state index in [-0.39, 0.29) is 6.61 Å². The van der Waals surface area contributed by atoms with Gasteiger partial charge in [0.15, 0.2) is 6.61 Å². The molecule has 0 aliphatic heterocycles. The number of hydrogen-bond donors (Lipinski definition) is 2. The van der Waals surface area contributed by atoms with E-state index in [1.165, 1.54) is 0 Å². The van der Waals surface area contributed by atoms with Gasteiger partial charge in [0.1, 0.15) is 5.75 Å². The third-order valence-electron chi connectivity index (χ3n) is 1.81. The van der Waals surface area contributed by atoms with Crippen LogP contribution in [-0.4, -0.2) is 25.0 Å². The number of nitrogens with two attached hydrogens (primary N) is 1. The molecule has 0 bridgehead atoms. The van der Waals surface area contributed by atoms with E-state index in [2.05, 4.69) is 10.3 Å². The number of hydroxylamine groups is 1. The van der Waals surface area contributed by atoms with Crippen LogP contribution in [0.3, 0.4) is 0 Å². The lowest BCUT2D eigenvalue weighted by Gasteiger charge is -2.05. The van der Waals surface area contributed by atoms with E-state index >= 15 is 0 Å². The van der Waals surface area contributed by atoms with Gasteiger partial charge in [0.05, 0.1) is 6.61 Å². The Morgan fingerprint density at radius 3 is 2.47 bits per heavy atom. The zero-order chi connectivity index (χ0) is 12.7. The van der Waals surface area contributed by atoms with Gasteiger partial charge in [0.2, 0.25) is 5.91 Å². The molecule has 0 saturated heterocycles. The van der Waals surface area contributed by atoms with Crippen molar-refractivity contribution in [2.45, 2.75) is 6.92 Å². The third-order valence-corrected chi connectivity index (χ3v) is 1.81. The molecule has 0 atom stereocenters. The number of carbonyl (C=O) groups is 2. The van der Waals surface area contributed by atoms with Crippen LogP contribution in [0.25, 0.3) is 0 Å². The number of amides is 2. The van der Waals surface area contributed by atoms with E-state index in [0.29, 0.717) is 17.9 Å². The summed E-state index contributed by atoms with van der Waals surface area (Å²) < 4.78 is 5.23. The molecule has 1 aromatic carbocycles. The Morgan fingerprint density at radius 2 is 1.94 bits per heavy atom. The number of ether oxygens (including phenoxy) is 1. The van der Waals surface area contributed by atoms with Crippen LogP contribution >= 0.6 is 0 Å². The number of rotatable bonds is 6. The SMILES string of the molecule is CCOc1ccc(C(=O)NOCC(N)=O)cc1. The molecule has 6 heteroatoms. The normalized spacial score (nSPS) is 9.71. The minimum Gasteiger partial charge on any atom is -0.494 e. The van der Waals surface area contributed by atoms with Crippen molar-refractivity contribution in [3.63, 3.8) is 0 Å². The lowest BCUT2D eigenvalue weighted by atomic mass is 10.2. The van der Waals surface area contributed by atoms with Crippen molar-refractivity contribution in [3.8, 4) is 5.75 Å². The van der Waals surface area contributed by atoms with Crippen molar-refractivity contribution in [3.05, 3.63) is 29.8 Å². The molecule has 17 heavy (non-hydrogen) atoms. The molecule has 1 rings (SSSR count). The average molecular weight is 238 g/mol. The molecular formula is C11H14N2O4. The summed E-state index contributed by atoms with van der Waals surface area (Å²) in [4.78, 5) is 26.4. The first kappa shape index (κ1) is 13.0. The summed E-state index contributed by atoms with van der Waals surface area (Å²) >= 11 is 0. The van der Waals surface area contributed by atoms with Gasteiger partial charge in [-0.3, -0.25) is 14.4 Å². The molecule has 0 aromatic heterocycles. The first-order chi connectivity index (χ1) is 8.13. The van der Waals surface area contributed by atoms with Gasteiger partial charge >= 0.3 is 0 Å². The number of primary amides is 1. The maximum atomic E-state index is 11.5. The van der Waals surface area contributed by atoms with Crippen LogP contribution in [0.15, 0.2) is 24.3 Å². The Labute approximate surface area is 98.7 Å². The molecule has 3 N–H and O–H groups in total. The number of carbonyl (C=O) groups excluding carboxylic acids is 2. The molecule has 0 aliphatic carbocycles. The second kappa shape index (κ2) is 6.49. The van der Waals surface area contributed by atoms with Crippen LogP contribution in [0, 0.1) is 0 Å². The van der Waals surface area contributed by atoms with Gasteiger partial charge in [0.25, 0.3) is 5.91 Å². The van der Waals surface area contributed by atoms with Gasteiger partial charge in [0, 0.05) is 5.56 Å². The maximum absolute atomic E-state index is 11.5. The number of nitrogens with one attached hydrogen (secondary N) is 1. The fourth-order valence-corrected chi connectivity index (χ4v) is 1.10. The zero-order valence-corrected chi connectivity index (χ0v) is 9.43. The predicted octanol–water partition coefficient (Wildman–Crippen LogP) is 0.232. The number of hydrogen-bond acceptors (Lipinski definition) is 4. The number of benzene rings is 1. The monoisotopic (exact) mass is 238 g/mol. The zero-order valence-electron chi connectivity index (χ0n) is 9.43. The second-order valence-corrected chi connectivity index (χ2v) is 3.14. The summed E-state index contributed by atoms with van der Waals surface area (Å²) in [5.74, 6) is -0.423. The minimum absolute atomic E-state index is 0.358. The van der Waals surface area contributed by atoms with E-state index in [1.807, 2.05) is 6.92 Å². The van der Waals surface area contributed by atoms with Crippen LogP contribution < -0.4 is 16.0 Å². The Morgan fingerprint density at radius 1 is 1.29 bits per heavy atom. The van der Waals surface area contributed by atoms with E-state index in [0.717, 1.165) is 0 Å². The van der Waals surface area contributed by atoms with Gasteiger partial charge in [-0.25, -0.2) is 5.48 Å². The molecule has 6 nitrogen and oxygen atoms in total. The fourth-order valence-electron chi connectivity index (χ4n) is 1.10. The van der Waals surface area contributed by atoms with Crippen molar-refractivity contribution in [1.29, 1.82) is 0 Å². The van der Waals surface area contributed by atoms with Crippen LogP contribution in [0.1, 0.15) is 17.3 Å². The van der Waals surface area contributed by atoms with E-state index in [9.17, 15) is 9.59 Å². The van der Waals surface area contributed by atoms with E-state index < -0.39 is 11.8 Å². The topological polar surface area (TPSA) is 90.7 Å². The summed E-state index contributed by atoms with van der Waals surface area (Å²) in [6.45, 7) is 2.08. The highest BCUT2D eigenvalue weighted by Gasteiger charge is 2.06. The molecule has 0 heterocycles. The summed E-state index contributed by atoms with van der Waals surface area (Å²) in [7, 11) is 0. The van der Waals surface area contributed by atoms with E-state index in [4.69, 9.17) is 10.5 Å². The van der Waals surface area contributed by atoms with Crippen LogP contribution in [0.4, 0.5) is 0 Å². The summed E-state index contributed by atoms with van der Waals surface area (Å²) in [5, 5.41) is 0. The molecule has 0 spiro atoms. The lowest BCUT2D eigenvalue weighted by molar-refractivity contribution is -0.124. The van der Waals surface area contributed by atoms with E-state index in [1.54, 1.807) is 24.3 Å². The predicted molar refractivity (Wildman–Crippen MR) is 60.2 cm³/mol. The Balaban J connectivity index is 2.48. The van der Waals surface area contributed by atoms with Crippen molar-refractivity contribution in [2.75, 3.05) is 13.2 Å². The Bertz CT molecular complexity index is 389. The largest absolute Gasteiger partial charge is 0.494 e. The molecular weight excluding hydrogens is 224 g/mol. The smallest absolute Gasteiger partial charge is 0.274 e. The third kappa shape index (κ3) is 4.52. The first-order valence-corrected chi connectivity index (χ1v) is 5.06. The minimum atomic E-state index is -0.656. The average Bonchev–Trinajstić information content (AvgIpc) is 2.30. The van der Waals surface area contributed by atoms with Gasteiger partial charge in [-0.15, -0.1) is 0 Å². The molecule has 0 unspecified atom stereocenters. The van der Waals surface area contributed by atoms with Crippen molar-refractivity contribution >= 4 is 11.8 Å². The maximum Gasteiger partial charge on any atom is 0.274 e. The molecule has 0 aliphatic rings. The highest BCUT2D eigenvalue weighted by atomic mass is 16.7. The Kier molecular flexibility index (Phi) is 4.96. The van der Waals surface area contributed by atoms with Gasteiger partial charge in [-0.2, -0.15) is 0 Å². The quantitative estimate of drug-likeness (QED) is 0.694. The molecule has 92 valence electrons. The van der Waals surface area contributed by atoms with Gasteiger partial charge in [-0.1, -0.05) is 0 Å². The fraction of sp³-hybridized carbons (Fsp3) is 0.273. The summed E-state index contributed by atoms with van der Waals surface area (Å²) in [5.41, 5.74) is 7.34. The molecule has 1 aromatic rings. The van der Waals surface area contributed by atoms with Crippen molar-refractivity contribution in [1.82, 2.24) is 5.48 Å². The molecule has 0 fully saturated rings. The van der Waals surface area contributed by atoms with Crippen molar-refractivity contribution in [2.24, 2.45) is 5.73 Å². The van der Waals surface area contributed by atoms with Gasteiger partial charge < -0.3 is 10.5 Å². The summed E-state index contributed by atoms with van der Waals surface area (Å²) in [6, 6.07) is 6.53. The van der Waals surface area contributed by atoms with Crippen LogP contribution in [0.5, 0.6) is 5.75 Å². The second-order valence-electron chi connectivity index (χ2n) is 3.14. The first-order valence-electron chi connectivity index (χ1n) is 5.06. The van der Waals surface area contributed by atoms with Gasteiger partial charge in [-0.05, 0) is 31.2 Å². The molecule has 0 saturated carbocycles. The summed E-state index contributed by atoms with van der Waals surface area (Å²) in [6.07, 6.45) is 0. The molecule has 0 radical (unpaired) electrons. The van der Waals surface area contributed by atoms with Crippen molar-refractivity contribution < 1.29 is 19.2 Å². The highest BCUT2D eigenvalue weighted by Crippen LogP contribution is 2.11. The lowest BCUT2D eigenvalue weighted by Crippen LogP contribution is -2.29. The Hall–Kier alpha value is -2.08. The highest BCUT2D eigenvalue weighted by molar-refractivity contribution is 5.93. The van der Waals surface area contributed by atoms with Crippen LogP contribution in [0.2, 0.25) is 0 Å². The standard InChI is InChI=1S/C11H14N2O4/c1-2-16-9-5-3-8(4-6-9)11(15)13-17-7-10(12)14/h3-6H,2,7H2,1H3,(H2,12,14)(H,13,15). The van der Waals surface area contributed by atoms with Crippen LogP contribution in [-0.2, 0) is 9.63 Å². The molecule has 2 amide bonds.